The van der Waals surface area contributed by atoms with Crippen LogP contribution in [0.25, 0.3) is 11.0 Å². The zero-order valence-electron chi connectivity index (χ0n) is 11.9. The molecule has 1 aromatic carbocycles. The van der Waals surface area contributed by atoms with Crippen LogP contribution in [-0.2, 0) is 12.4 Å². The van der Waals surface area contributed by atoms with Gasteiger partial charge < -0.3 is 4.57 Å². The molecule has 0 radical (unpaired) electrons. The second-order valence-corrected chi connectivity index (χ2v) is 6.94. The van der Waals surface area contributed by atoms with Gasteiger partial charge in [0.25, 0.3) is 0 Å². The Morgan fingerprint density at radius 1 is 1.14 bits per heavy atom. The molecule has 2 nitrogen and oxygen atoms in total. The Balaban J connectivity index is 1.80. The van der Waals surface area contributed by atoms with Gasteiger partial charge in [-0.25, -0.2) is 4.98 Å². The number of aromatic nitrogens is 2. The quantitative estimate of drug-likeness (QED) is 0.603. The highest BCUT2D eigenvalue weighted by atomic mass is 35.5. The molecule has 5 heteroatoms. The number of hydrogen-bond donors (Lipinski definition) is 0. The molecular formula is C16H19Cl3N2. The van der Waals surface area contributed by atoms with Crippen molar-refractivity contribution >= 4 is 45.8 Å². The molecule has 0 aliphatic heterocycles. The molecule has 1 saturated carbocycles. The minimum atomic E-state index is 0.410. The van der Waals surface area contributed by atoms with Crippen molar-refractivity contribution in [3.05, 3.63) is 28.0 Å². The van der Waals surface area contributed by atoms with Crippen LogP contribution < -0.4 is 0 Å². The first-order valence-corrected chi connectivity index (χ1v) is 8.88. The zero-order chi connectivity index (χ0) is 14.8. The van der Waals surface area contributed by atoms with Gasteiger partial charge in [-0.15, -0.1) is 11.6 Å². The molecule has 114 valence electrons. The first-order valence-electron chi connectivity index (χ1n) is 7.59. The molecule has 0 saturated heterocycles. The van der Waals surface area contributed by atoms with Crippen molar-refractivity contribution in [3.63, 3.8) is 0 Å². The van der Waals surface area contributed by atoms with Crippen LogP contribution in [0.4, 0.5) is 0 Å². The highest BCUT2D eigenvalue weighted by Gasteiger charge is 2.16. The molecular weight excluding hydrogens is 327 g/mol. The van der Waals surface area contributed by atoms with E-state index in [1.54, 1.807) is 0 Å². The molecule has 3 rings (SSSR count). The Kier molecular flexibility index (Phi) is 4.98. The van der Waals surface area contributed by atoms with Gasteiger partial charge in [0.1, 0.15) is 5.82 Å². The molecule has 1 aromatic heterocycles. The van der Waals surface area contributed by atoms with Crippen LogP contribution in [0.5, 0.6) is 0 Å². The van der Waals surface area contributed by atoms with Crippen LogP contribution in [0, 0.1) is 5.92 Å². The number of hydrogen-bond acceptors (Lipinski definition) is 1. The maximum atomic E-state index is 6.14. The average molecular weight is 346 g/mol. The van der Waals surface area contributed by atoms with Crippen LogP contribution in [0.15, 0.2) is 12.1 Å². The number of imidazole rings is 1. The van der Waals surface area contributed by atoms with Crippen molar-refractivity contribution in [1.82, 2.24) is 9.55 Å². The predicted octanol–water partition coefficient (Wildman–Crippen LogP) is 6.05. The smallest absolute Gasteiger partial charge is 0.124 e. The fourth-order valence-electron chi connectivity index (χ4n) is 3.36. The van der Waals surface area contributed by atoms with Crippen molar-refractivity contribution in [2.75, 3.05) is 0 Å². The minimum absolute atomic E-state index is 0.410. The van der Waals surface area contributed by atoms with Crippen molar-refractivity contribution in [1.29, 1.82) is 0 Å². The van der Waals surface area contributed by atoms with Gasteiger partial charge in [0.05, 0.1) is 27.0 Å². The first-order chi connectivity index (χ1) is 10.2. The summed E-state index contributed by atoms with van der Waals surface area (Å²) in [5.41, 5.74) is 1.91. The number of fused-ring (bicyclic) bond motifs is 1. The van der Waals surface area contributed by atoms with E-state index in [0.717, 1.165) is 29.3 Å². The summed E-state index contributed by atoms with van der Waals surface area (Å²) in [5, 5.41) is 1.11. The molecule has 0 unspecified atom stereocenters. The fraction of sp³-hybridized carbons (Fsp3) is 0.562. The third-order valence-electron chi connectivity index (χ3n) is 4.46. The second-order valence-electron chi connectivity index (χ2n) is 5.86. The van der Waals surface area contributed by atoms with Crippen molar-refractivity contribution in [2.24, 2.45) is 5.92 Å². The van der Waals surface area contributed by atoms with E-state index in [9.17, 15) is 0 Å². The first kappa shape index (κ1) is 15.5. The molecule has 2 aromatic rings. The molecule has 21 heavy (non-hydrogen) atoms. The molecule has 1 fully saturated rings. The highest BCUT2D eigenvalue weighted by molar-refractivity contribution is 6.42. The van der Waals surface area contributed by atoms with E-state index >= 15 is 0 Å². The number of alkyl halides is 1. The maximum absolute atomic E-state index is 6.14. The van der Waals surface area contributed by atoms with E-state index in [1.165, 1.54) is 38.5 Å². The fourth-order valence-corrected chi connectivity index (χ4v) is 3.88. The van der Waals surface area contributed by atoms with Gasteiger partial charge in [0.15, 0.2) is 0 Å². The Morgan fingerprint density at radius 2 is 1.86 bits per heavy atom. The summed E-state index contributed by atoms with van der Waals surface area (Å²) in [5.74, 6) is 2.22. The molecule has 1 aliphatic rings. The van der Waals surface area contributed by atoms with Gasteiger partial charge in [-0.1, -0.05) is 48.9 Å². The van der Waals surface area contributed by atoms with Crippen LogP contribution in [0.3, 0.4) is 0 Å². The van der Waals surface area contributed by atoms with Gasteiger partial charge in [-0.3, -0.25) is 0 Å². The van der Waals surface area contributed by atoms with Crippen molar-refractivity contribution in [2.45, 2.75) is 50.9 Å². The summed E-state index contributed by atoms with van der Waals surface area (Å²) < 4.78 is 2.19. The number of benzene rings is 1. The lowest BCUT2D eigenvalue weighted by Crippen LogP contribution is -2.04. The average Bonchev–Trinajstić information content (AvgIpc) is 3.08. The Morgan fingerprint density at radius 3 is 2.57 bits per heavy atom. The zero-order valence-corrected chi connectivity index (χ0v) is 14.2. The van der Waals surface area contributed by atoms with Crippen molar-refractivity contribution in [3.8, 4) is 0 Å². The maximum Gasteiger partial charge on any atom is 0.124 e. The molecule has 0 atom stereocenters. The third-order valence-corrected chi connectivity index (χ3v) is 5.42. The van der Waals surface area contributed by atoms with Crippen molar-refractivity contribution < 1.29 is 0 Å². The van der Waals surface area contributed by atoms with Crippen LogP contribution in [0.2, 0.25) is 10.0 Å². The lowest BCUT2D eigenvalue weighted by molar-refractivity contribution is 0.459. The Hall–Kier alpha value is -0.440. The van der Waals surface area contributed by atoms with E-state index < -0.39 is 0 Å². The van der Waals surface area contributed by atoms with Crippen LogP contribution in [-0.4, -0.2) is 9.55 Å². The summed E-state index contributed by atoms with van der Waals surface area (Å²) in [6.45, 7) is 0.951. The van der Waals surface area contributed by atoms with E-state index in [-0.39, 0.29) is 0 Å². The van der Waals surface area contributed by atoms with E-state index in [4.69, 9.17) is 34.8 Å². The van der Waals surface area contributed by atoms with Gasteiger partial charge in [-0.05, 0) is 30.9 Å². The standard InChI is InChI=1S/C16H19Cl3N2/c17-10-16-20-14-8-12(18)13(19)9-15(14)21(16)7-3-6-11-4-1-2-5-11/h8-9,11H,1-7,10H2. The molecule has 0 bridgehead atoms. The summed E-state index contributed by atoms with van der Waals surface area (Å²) in [7, 11) is 0. The summed E-state index contributed by atoms with van der Waals surface area (Å²) in [4.78, 5) is 4.57. The largest absolute Gasteiger partial charge is 0.327 e. The second kappa shape index (κ2) is 6.76. The lowest BCUT2D eigenvalue weighted by atomic mass is 10.0. The Bertz CT molecular complexity index is 630. The number of nitrogens with zero attached hydrogens (tertiary/aromatic N) is 2. The summed E-state index contributed by atoms with van der Waals surface area (Å²) in [6, 6.07) is 3.72. The van der Waals surface area contributed by atoms with E-state index in [2.05, 4.69) is 9.55 Å². The SMILES string of the molecule is ClCc1nc2cc(Cl)c(Cl)cc2n1CCCC1CCCC1. The van der Waals surface area contributed by atoms with E-state index in [0.29, 0.717) is 15.9 Å². The minimum Gasteiger partial charge on any atom is -0.327 e. The topological polar surface area (TPSA) is 17.8 Å². The van der Waals surface area contributed by atoms with Gasteiger partial charge in [-0.2, -0.15) is 0 Å². The molecule has 0 amide bonds. The molecule has 0 spiro atoms. The van der Waals surface area contributed by atoms with Gasteiger partial charge >= 0.3 is 0 Å². The lowest BCUT2D eigenvalue weighted by Gasteiger charge is -2.11. The number of aryl methyl sites for hydroxylation is 1. The Labute approximate surface area is 140 Å². The molecule has 1 aliphatic carbocycles. The van der Waals surface area contributed by atoms with Crippen LogP contribution in [0.1, 0.15) is 44.3 Å². The van der Waals surface area contributed by atoms with E-state index in [1.807, 2.05) is 12.1 Å². The molecule has 1 heterocycles. The number of rotatable bonds is 5. The van der Waals surface area contributed by atoms with Gasteiger partial charge in [0.2, 0.25) is 0 Å². The van der Waals surface area contributed by atoms with Gasteiger partial charge in [0, 0.05) is 6.54 Å². The summed E-state index contributed by atoms with van der Waals surface area (Å²) in [6.07, 6.45) is 8.06. The third kappa shape index (κ3) is 3.33. The normalized spacial score (nSPS) is 16.1. The summed E-state index contributed by atoms with van der Waals surface area (Å²) >= 11 is 18.3. The highest BCUT2D eigenvalue weighted by Crippen LogP contribution is 2.31. The number of halogens is 3. The monoisotopic (exact) mass is 344 g/mol. The van der Waals surface area contributed by atoms with Crippen LogP contribution >= 0.6 is 34.8 Å². The molecule has 0 N–H and O–H groups in total. The predicted molar refractivity (Wildman–Crippen MR) is 90.5 cm³/mol.